The Morgan fingerprint density at radius 3 is 2.32 bits per heavy atom. The Morgan fingerprint density at radius 1 is 1.24 bits per heavy atom. The minimum atomic E-state index is -4.63. The largest absolute Gasteiger partial charge is 0.416 e. The van der Waals surface area contributed by atoms with Crippen LogP contribution >= 0.6 is 0 Å². The van der Waals surface area contributed by atoms with Crippen LogP contribution in [0.25, 0.3) is 0 Å². The summed E-state index contributed by atoms with van der Waals surface area (Å²) in [4.78, 5) is 27.2. The predicted octanol–water partition coefficient (Wildman–Crippen LogP) is 1.82. The van der Waals surface area contributed by atoms with Crippen LogP contribution in [0.1, 0.15) is 5.56 Å². The molecular formula is C15H19F3N4O3. The molecule has 1 saturated heterocycles. The van der Waals surface area contributed by atoms with Gasteiger partial charge in [0.15, 0.2) is 0 Å². The number of hydrogen-bond donors (Lipinski definition) is 0. The van der Waals surface area contributed by atoms with Crippen molar-refractivity contribution in [2.24, 2.45) is 0 Å². The number of rotatable bonds is 4. The summed E-state index contributed by atoms with van der Waals surface area (Å²) in [5.74, 6) is -0.0473. The van der Waals surface area contributed by atoms with Crippen molar-refractivity contribution in [2.45, 2.75) is 6.18 Å². The van der Waals surface area contributed by atoms with Gasteiger partial charge in [0.1, 0.15) is 5.69 Å². The Balaban J connectivity index is 2.13. The minimum absolute atomic E-state index is 0.0473. The van der Waals surface area contributed by atoms with Crippen molar-refractivity contribution in [3.8, 4) is 0 Å². The molecule has 0 spiro atoms. The third-order valence-electron chi connectivity index (χ3n) is 4.07. The zero-order valence-electron chi connectivity index (χ0n) is 13.9. The van der Waals surface area contributed by atoms with Crippen molar-refractivity contribution in [2.75, 3.05) is 51.7 Å². The number of anilines is 1. The molecule has 1 fully saturated rings. The van der Waals surface area contributed by atoms with Crippen LogP contribution in [0.2, 0.25) is 0 Å². The average Bonchev–Trinajstić information content (AvgIpc) is 2.54. The molecule has 0 aromatic heterocycles. The van der Waals surface area contributed by atoms with E-state index in [4.69, 9.17) is 0 Å². The van der Waals surface area contributed by atoms with Crippen LogP contribution in [0.3, 0.4) is 0 Å². The number of benzene rings is 1. The predicted molar refractivity (Wildman–Crippen MR) is 85.4 cm³/mol. The van der Waals surface area contributed by atoms with E-state index in [-0.39, 0.29) is 18.1 Å². The van der Waals surface area contributed by atoms with Crippen molar-refractivity contribution in [3.63, 3.8) is 0 Å². The van der Waals surface area contributed by atoms with E-state index in [1.807, 2.05) is 4.90 Å². The van der Waals surface area contributed by atoms with E-state index in [0.29, 0.717) is 32.2 Å². The normalized spacial score (nSPS) is 16.0. The molecule has 1 aliphatic rings. The molecule has 1 amide bonds. The second-order valence-electron chi connectivity index (χ2n) is 6.01. The van der Waals surface area contributed by atoms with Gasteiger partial charge >= 0.3 is 6.18 Å². The first-order chi connectivity index (χ1) is 11.6. The molecule has 7 nitrogen and oxygen atoms in total. The third-order valence-corrected chi connectivity index (χ3v) is 4.07. The maximum Gasteiger partial charge on any atom is 0.416 e. The minimum Gasteiger partial charge on any atom is -0.363 e. The lowest BCUT2D eigenvalue weighted by Gasteiger charge is -2.35. The molecule has 10 heteroatoms. The Labute approximate surface area is 142 Å². The summed E-state index contributed by atoms with van der Waals surface area (Å²) in [7, 11) is 3.31. The molecule has 0 aliphatic carbocycles. The van der Waals surface area contributed by atoms with E-state index in [2.05, 4.69) is 0 Å². The summed E-state index contributed by atoms with van der Waals surface area (Å²) in [6.45, 7) is 2.03. The number of nitro groups is 1. The van der Waals surface area contributed by atoms with Gasteiger partial charge in [0.2, 0.25) is 5.91 Å². The summed E-state index contributed by atoms with van der Waals surface area (Å²) in [5, 5.41) is 11.2. The highest BCUT2D eigenvalue weighted by atomic mass is 19.4. The maximum atomic E-state index is 12.8. The Bertz CT molecular complexity index is 656. The Hall–Kier alpha value is -2.36. The van der Waals surface area contributed by atoms with Gasteiger partial charge < -0.3 is 9.80 Å². The molecule has 0 unspecified atom stereocenters. The van der Waals surface area contributed by atoms with Crippen LogP contribution in [0.15, 0.2) is 18.2 Å². The zero-order valence-corrected chi connectivity index (χ0v) is 13.9. The number of hydrogen-bond acceptors (Lipinski definition) is 5. The topological polar surface area (TPSA) is 69.9 Å². The lowest BCUT2D eigenvalue weighted by Crippen LogP contribution is -2.49. The second kappa shape index (κ2) is 7.26. The van der Waals surface area contributed by atoms with E-state index >= 15 is 0 Å². The van der Waals surface area contributed by atoms with Crippen LogP contribution in [0, 0.1) is 10.1 Å². The van der Waals surface area contributed by atoms with Gasteiger partial charge in [-0.25, -0.2) is 0 Å². The lowest BCUT2D eigenvalue weighted by atomic mass is 10.1. The highest BCUT2D eigenvalue weighted by Gasteiger charge is 2.34. The number of piperazine rings is 1. The van der Waals surface area contributed by atoms with Gasteiger partial charge in [-0.05, 0) is 12.1 Å². The molecule has 0 N–H and O–H groups in total. The number of alkyl halides is 3. The molecule has 0 atom stereocenters. The number of carbonyl (C=O) groups excluding carboxylic acids is 1. The molecule has 1 aromatic rings. The van der Waals surface area contributed by atoms with Crippen molar-refractivity contribution in [3.05, 3.63) is 33.9 Å². The first-order valence-electron chi connectivity index (χ1n) is 7.62. The quantitative estimate of drug-likeness (QED) is 0.605. The fourth-order valence-corrected chi connectivity index (χ4v) is 2.59. The fourth-order valence-electron chi connectivity index (χ4n) is 2.59. The van der Waals surface area contributed by atoms with Crippen LogP contribution in [0.4, 0.5) is 24.5 Å². The van der Waals surface area contributed by atoms with Crippen LogP contribution in [0.5, 0.6) is 0 Å². The SMILES string of the molecule is CN(C)C(=O)CN1CCN(c2ccc(C(F)(F)F)cc2[N+](=O)[O-])CC1. The first kappa shape index (κ1) is 19.0. The Morgan fingerprint density at radius 2 is 1.84 bits per heavy atom. The molecule has 1 aliphatic heterocycles. The van der Waals surface area contributed by atoms with Crippen LogP contribution in [-0.4, -0.2) is 67.4 Å². The number of halogens is 3. The summed E-state index contributed by atoms with van der Waals surface area (Å²) in [6.07, 6.45) is -4.63. The van der Waals surface area contributed by atoms with E-state index < -0.39 is 22.4 Å². The average molecular weight is 360 g/mol. The van der Waals surface area contributed by atoms with Gasteiger partial charge in [-0.1, -0.05) is 0 Å². The molecule has 0 radical (unpaired) electrons. The smallest absolute Gasteiger partial charge is 0.363 e. The summed E-state index contributed by atoms with van der Waals surface area (Å²) >= 11 is 0. The number of carbonyl (C=O) groups is 1. The summed E-state index contributed by atoms with van der Waals surface area (Å²) < 4.78 is 38.3. The van der Waals surface area contributed by atoms with Crippen LogP contribution < -0.4 is 4.90 Å². The van der Waals surface area contributed by atoms with Crippen LogP contribution in [-0.2, 0) is 11.0 Å². The van der Waals surface area contributed by atoms with Crippen molar-refractivity contribution >= 4 is 17.3 Å². The highest BCUT2D eigenvalue weighted by Crippen LogP contribution is 2.36. The van der Waals surface area contributed by atoms with E-state index in [9.17, 15) is 28.1 Å². The van der Waals surface area contributed by atoms with Gasteiger partial charge in [0.05, 0.1) is 17.0 Å². The van der Waals surface area contributed by atoms with Gasteiger partial charge in [0, 0.05) is 46.3 Å². The van der Waals surface area contributed by atoms with Crippen molar-refractivity contribution < 1.29 is 22.9 Å². The number of nitro benzene ring substituents is 1. The zero-order chi connectivity index (χ0) is 18.8. The van der Waals surface area contributed by atoms with Crippen molar-refractivity contribution in [1.82, 2.24) is 9.80 Å². The fraction of sp³-hybridized carbons (Fsp3) is 0.533. The van der Waals surface area contributed by atoms with E-state index in [0.717, 1.165) is 12.1 Å². The molecule has 0 saturated carbocycles. The summed E-state index contributed by atoms with van der Waals surface area (Å²) in [5.41, 5.74) is -1.44. The lowest BCUT2D eigenvalue weighted by molar-refractivity contribution is -0.384. The third kappa shape index (κ3) is 4.59. The summed E-state index contributed by atoms with van der Waals surface area (Å²) in [6, 6.07) is 2.56. The molecule has 25 heavy (non-hydrogen) atoms. The first-order valence-corrected chi connectivity index (χ1v) is 7.62. The van der Waals surface area contributed by atoms with E-state index in [1.165, 1.54) is 4.90 Å². The monoisotopic (exact) mass is 360 g/mol. The number of nitrogens with zero attached hydrogens (tertiary/aromatic N) is 4. The highest BCUT2D eigenvalue weighted by molar-refractivity contribution is 5.77. The van der Waals surface area contributed by atoms with Gasteiger partial charge in [-0.3, -0.25) is 19.8 Å². The maximum absolute atomic E-state index is 12.8. The molecule has 138 valence electrons. The Kier molecular flexibility index (Phi) is 5.51. The standard InChI is InChI=1S/C15H19F3N4O3/c1-19(2)14(23)10-20-5-7-21(8-6-20)12-4-3-11(15(16,17)18)9-13(12)22(24)25/h3-4,9H,5-8,10H2,1-2H3. The van der Waals surface area contributed by atoms with Gasteiger partial charge in [-0.2, -0.15) is 13.2 Å². The van der Waals surface area contributed by atoms with Gasteiger partial charge in [-0.15, -0.1) is 0 Å². The number of likely N-dealkylation sites (N-methyl/N-ethyl adjacent to an activating group) is 1. The molecule has 1 aromatic carbocycles. The molecule has 2 rings (SSSR count). The second-order valence-corrected chi connectivity index (χ2v) is 6.01. The molecule has 1 heterocycles. The van der Waals surface area contributed by atoms with Crippen molar-refractivity contribution in [1.29, 1.82) is 0 Å². The van der Waals surface area contributed by atoms with Gasteiger partial charge in [0.25, 0.3) is 5.69 Å². The number of amides is 1. The molecule has 0 bridgehead atoms. The van der Waals surface area contributed by atoms with E-state index in [1.54, 1.807) is 19.0 Å². The molecular weight excluding hydrogens is 341 g/mol.